The van der Waals surface area contributed by atoms with Gasteiger partial charge in [0.1, 0.15) is 69.6 Å². The van der Waals surface area contributed by atoms with Crippen molar-refractivity contribution in [2.45, 2.75) is 32.2 Å². The summed E-state index contributed by atoms with van der Waals surface area (Å²) in [7, 11) is 1.63. The zero-order chi connectivity index (χ0) is 19.6. The van der Waals surface area contributed by atoms with Crippen molar-refractivity contribution in [3.8, 4) is 11.5 Å². The van der Waals surface area contributed by atoms with E-state index in [1.165, 1.54) is 9.80 Å². The molecular weight excluding hydrogens is 348 g/mol. The maximum absolute atomic E-state index is 10.3. The first-order valence-corrected chi connectivity index (χ1v) is 9.88. The molecule has 1 fully saturated rings. The summed E-state index contributed by atoms with van der Waals surface area (Å²) >= 11 is 0. The molecular formula is C20H36N2O5+2. The smallest absolute Gasteiger partial charge is 0.137 e. The maximum atomic E-state index is 10.3. The first-order valence-electron chi connectivity index (χ1n) is 9.88. The highest BCUT2D eigenvalue weighted by molar-refractivity contribution is 5.31. The summed E-state index contributed by atoms with van der Waals surface area (Å²) in [5.41, 5.74) is 0. The predicted molar refractivity (Wildman–Crippen MR) is 103 cm³/mol. The van der Waals surface area contributed by atoms with Crippen molar-refractivity contribution in [3.63, 3.8) is 0 Å². The molecule has 0 saturated carbocycles. The summed E-state index contributed by atoms with van der Waals surface area (Å²) in [5, 5.41) is 20.3. The van der Waals surface area contributed by atoms with Gasteiger partial charge >= 0.3 is 0 Å². The first kappa shape index (κ1) is 21.9. The lowest BCUT2D eigenvalue weighted by molar-refractivity contribution is -1.01. The van der Waals surface area contributed by atoms with E-state index in [2.05, 4.69) is 0 Å². The van der Waals surface area contributed by atoms with Gasteiger partial charge in [0.15, 0.2) is 0 Å². The highest BCUT2D eigenvalue weighted by atomic mass is 16.5. The maximum Gasteiger partial charge on any atom is 0.137 e. The molecule has 7 nitrogen and oxygen atoms in total. The Balaban J connectivity index is 1.61. The van der Waals surface area contributed by atoms with Crippen LogP contribution in [-0.4, -0.2) is 88.1 Å². The summed E-state index contributed by atoms with van der Waals surface area (Å²) in [4.78, 5) is 2.79. The fourth-order valence-corrected chi connectivity index (χ4v) is 3.32. The highest BCUT2D eigenvalue weighted by Crippen LogP contribution is 2.16. The van der Waals surface area contributed by atoms with Gasteiger partial charge in [-0.2, -0.15) is 0 Å². The van der Waals surface area contributed by atoms with Gasteiger partial charge in [-0.3, -0.25) is 0 Å². The van der Waals surface area contributed by atoms with Crippen molar-refractivity contribution >= 4 is 0 Å². The molecule has 27 heavy (non-hydrogen) atoms. The number of ether oxygens (including phenoxy) is 3. The number of benzene rings is 1. The van der Waals surface area contributed by atoms with E-state index >= 15 is 0 Å². The molecule has 0 aliphatic carbocycles. The standard InChI is InChI=1S/C20H34N2O5/c1-16(2)26-14-17(23)12-21-8-10-22(11-9-21)13-18(24)15-27-20-6-4-19(25-3)5-7-20/h4-7,16-18,23-24H,8-15H2,1-3H3/p+2/t17-,18-/m0/s1. The van der Waals surface area contributed by atoms with Crippen molar-refractivity contribution in [2.75, 3.05) is 59.6 Å². The monoisotopic (exact) mass is 384 g/mol. The fourth-order valence-electron chi connectivity index (χ4n) is 3.32. The van der Waals surface area contributed by atoms with Crippen LogP contribution in [0.1, 0.15) is 13.8 Å². The lowest BCUT2D eigenvalue weighted by atomic mass is 10.2. The van der Waals surface area contributed by atoms with Crippen LogP contribution in [0.2, 0.25) is 0 Å². The molecule has 1 aliphatic rings. The van der Waals surface area contributed by atoms with Gasteiger partial charge in [-0.1, -0.05) is 0 Å². The van der Waals surface area contributed by atoms with Gasteiger partial charge in [0.25, 0.3) is 0 Å². The third kappa shape index (κ3) is 8.45. The van der Waals surface area contributed by atoms with Crippen LogP contribution in [0.15, 0.2) is 24.3 Å². The molecule has 1 aromatic carbocycles. The van der Waals surface area contributed by atoms with Gasteiger partial charge in [-0.05, 0) is 38.1 Å². The number of rotatable bonds is 11. The minimum Gasteiger partial charge on any atom is -0.497 e. The number of nitrogens with one attached hydrogen (secondary N) is 2. The highest BCUT2D eigenvalue weighted by Gasteiger charge is 2.26. The quantitative estimate of drug-likeness (QED) is 0.355. The van der Waals surface area contributed by atoms with Crippen LogP contribution in [0.3, 0.4) is 0 Å². The van der Waals surface area contributed by atoms with Crippen molar-refractivity contribution in [3.05, 3.63) is 24.3 Å². The molecule has 1 saturated heterocycles. The third-order valence-corrected chi connectivity index (χ3v) is 4.84. The van der Waals surface area contributed by atoms with Crippen molar-refractivity contribution in [1.29, 1.82) is 0 Å². The van der Waals surface area contributed by atoms with Crippen molar-refractivity contribution < 1.29 is 34.2 Å². The summed E-state index contributed by atoms with van der Waals surface area (Å²) < 4.78 is 16.2. The van der Waals surface area contributed by atoms with Crippen LogP contribution in [0.5, 0.6) is 11.5 Å². The van der Waals surface area contributed by atoms with Gasteiger partial charge in [0, 0.05) is 0 Å². The van der Waals surface area contributed by atoms with E-state index in [0.29, 0.717) is 13.2 Å². The molecule has 0 amide bonds. The molecule has 1 heterocycles. The van der Waals surface area contributed by atoms with Gasteiger partial charge in [0.2, 0.25) is 0 Å². The second kappa shape index (κ2) is 11.5. The van der Waals surface area contributed by atoms with Crippen molar-refractivity contribution in [1.82, 2.24) is 0 Å². The lowest BCUT2D eigenvalue weighted by Gasteiger charge is -2.31. The van der Waals surface area contributed by atoms with Crippen molar-refractivity contribution in [2.24, 2.45) is 0 Å². The molecule has 0 radical (unpaired) electrons. The van der Waals surface area contributed by atoms with Crippen LogP contribution in [0.25, 0.3) is 0 Å². The third-order valence-electron chi connectivity index (χ3n) is 4.84. The largest absolute Gasteiger partial charge is 0.497 e. The Morgan fingerprint density at radius 1 is 0.852 bits per heavy atom. The Labute approximate surface area is 162 Å². The minimum absolute atomic E-state index is 0.151. The molecule has 0 aromatic heterocycles. The van der Waals surface area contributed by atoms with Gasteiger partial charge in [0.05, 0.1) is 19.8 Å². The predicted octanol–water partition coefficient (Wildman–Crippen LogP) is -2.00. The van der Waals surface area contributed by atoms with E-state index in [1.807, 2.05) is 38.1 Å². The molecule has 0 unspecified atom stereocenters. The molecule has 2 atom stereocenters. The van der Waals surface area contributed by atoms with E-state index < -0.39 is 12.2 Å². The second-order valence-corrected chi connectivity index (χ2v) is 7.58. The van der Waals surface area contributed by atoms with Crippen LogP contribution >= 0.6 is 0 Å². The van der Waals surface area contributed by atoms with Gasteiger partial charge < -0.3 is 34.2 Å². The van der Waals surface area contributed by atoms with E-state index in [4.69, 9.17) is 14.2 Å². The topological polar surface area (TPSA) is 77.0 Å². The van der Waals surface area contributed by atoms with Crippen LogP contribution in [0, 0.1) is 0 Å². The Morgan fingerprint density at radius 3 is 1.81 bits per heavy atom. The Kier molecular flexibility index (Phi) is 9.30. The minimum atomic E-state index is -0.492. The average molecular weight is 385 g/mol. The molecule has 1 aromatic rings. The summed E-state index contributed by atoms with van der Waals surface area (Å²) in [5.74, 6) is 1.52. The lowest BCUT2D eigenvalue weighted by Crippen LogP contribution is -3.29. The van der Waals surface area contributed by atoms with E-state index in [1.54, 1.807) is 7.11 Å². The van der Waals surface area contributed by atoms with E-state index in [-0.39, 0.29) is 12.7 Å². The molecule has 0 bridgehead atoms. The normalized spacial score (nSPS) is 22.4. The van der Waals surface area contributed by atoms with E-state index in [0.717, 1.165) is 44.2 Å². The Bertz CT molecular complexity index is 518. The summed E-state index contributed by atoms with van der Waals surface area (Å²) in [6, 6.07) is 7.37. The van der Waals surface area contributed by atoms with Crippen LogP contribution in [-0.2, 0) is 4.74 Å². The molecule has 154 valence electrons. The zero-order valence-electron chi connectivity index (χ0n) is 16.8. The number of hydrogen-bond acceptors (Lipinski definition) is 5. The first-order chi connectivity index (χ1) is 13.0. The van der Waals surface area contributed by atoms with Crippen LogP contribution < -0.4 is 19.3 Å². The molecule has 0 spiro atoms. The number of methoxy groups -OCH3 is 1. The summed E-state index contributed by atoms with van der Waals surface area (Å²) in [6.07, 6.45) is -0.751. The fraction of sp³-hybridized carbons (Fsp3) is 0.700. The zero-order valence-corrected chi connectivity index (χ0v) is 16.8. The second-order valence-electron chi connectivity index (χ2n) is 7.58. The molecule has 1 aliphatic heterocycles. The van der Waals surface area contributed by atoms with Crippen LogP contribution in [0.4, 0.5) is 0 Å². The average Bonchev–Trinajstić information content (AvgIpc) is 2.66. The Hall–Kier alpha value is -1.38. The SMILES string of the molecule is COc1ccc(OC[C@@H](O)C[NH+]2CC[NH+](C[C@H](O)COC(C)C)CC2)cc1. The number of hydrogen-bond donors (Lipinski definition) is 4. The number of quaternary nitrogens is 2. The van der Waals surface area contributed by atoms with E-state index in [9.17, 15) is 10.2 Å². The summed E-state index contributed by atoms with van der Waals surface area (Å²) in [6.45, 7) is 10.0. The molecule has 7 heteroatoms. The van der Waals surface area contributed by atoms with Gasteiger partial charge in [-0.25, -0.2) is 0 Å². The number of aliphatic hydroxyl groups is 2. The number of piperazine rings is 1. The Morgan fingerprint density at radius 2 is 1.33 bits per heavy atom. The number of aliphatic hydroxyl groups excluding tert-OH is 2. The molecule has 4 N–H and O–H groups in total. The molecule has 2 rings (SSSR count). The van der Waals surface area contributed by atoms with Gasteiger partial charge in [-0.15, -0.1) is 0 Å².